The molecule has 5 nitrogen and oxygen atoms in total. The second-order valence-electron chi connectivity index (χ2n) is 4.08. The number of halogens is 2. The summed E-state index contributed by atoms with van der Waals surface area (Å²) in [5.41, 5.74) is -1.79. The molecule has 2 rings (SSSR count). The van der Waals surface area contributed by atoms with E-state index in [1.165, 1.54) is 0 Å². The van der Waals surface area contributed by atoms with Gasteiger partial charge in [0.05, 0.1) is 17.1 Å². The average Bonchev–Trinajstić information content (AvgIpc) is 3.05. The van der Waals surface area contributed by atoms with E-state index in [1.54, 1.807) is 0 Å². The molecule has 7 heteroatoms. The molecular formula is C10H10F2N2O3. The standard InChI is InChI=1S/C10H10F2N2O3/c11-6-1-2-7(14(16)17)9(8(6)12)13-10(5-15)3-4-10/h1-2,13,15H,3-5H2. The highest BCUT2D eigenvalue weighted by Crippen LogP contribution is 2.41. The normalized spacial score (nSPS) is 16.6. The van der Waals surface area contributed by atoms with E-state index in [0.29, 0.717) is 18.9 Å². The van der Waals surface area contributed by atoms with Gasteiger partial charge in [-0.2, -0.15) is 0 Å². The van der Waals surface area contributed by atoms with E-state index in [0.717, 1.165) is 6.07 Å². The topological polar surface area (TPSA) is 75.4 Å². The molecule has 0 aromatic heterocycles. The summed E-state index contributed by atoms with van der Waals surface area (Å²) in [6.07, 6.45) is 1.13. The van der Waals surface area contributed by atoms with E-state index in [1.807, 2.05) is 0 Å². The second-order valence-corrected chi connectivity index (χ2v) is 4.08. The minimum absolute atomic E-state index is 0.278. The first kappa shape index (κ1) is 11.7. The van der Waals surface area contributed by atoms with Gasteiger partial charge in [-0.05, 0) is 18.9 Å². The van der Waals surface area contributed by atoms with Gasteiger partial charge in [0.1, 0.15) is 0 Å². The molecular weight excluding hydrogens is 234 g/mol. The van der Waals surface area contributed by atoms with Crippen molar-refractivity contribution in [3.05, 3.63) is 33.9 Å². The van der Waals surface area contributed by atoms with Gasteiger partial charge in [0, 0.05) is 6.07 Å². The molecule has 0 aliphatic heterocycles. The lowest BCUT2D eigenvalue weighted by molar-refractivity contribution is -0.384. The van der Waals surface area contributed by atoms with Crippen molar-refractivity contribution in [2.45, 2.75) is 18.4 Å². The predicted molar refractivity (Wildman–Crippen MR) is 55.7 cm³/mol. The Labute approximate surface area is 95.2 Å². The summed E-state index contributed by atoms with van der Waals surface area (Å²) < 4.78 is 26.5. The Hall–Kier alpha value is -1.76. The molecule has 17 heavy (non-hydrogen) atoms. The SMILES string of the molecule is O=[N+]([O-])c1ccc(F)c(F)c1NC1(CO)CC1. The molecule has 2 N–H and O–H groups in total. The Kier molecular flexibility index (Phi) is 2.70. The summed E-state index contributed by atoms with van der Waals surface area (Å²) >= 11 is 0. The molecule has 0 saturated heterocycles. The molecule has 0 unspecified atom stereocenters. The third-order valence-corrected chi connectivity index (χ3v) is 2.82. The third-order valence-electron chi connectivity index (χ3n) is 2.82. The molecule has 1 aliphatic carbocycles. The number of nitrogens with zero attached hydrogens (tertiary/aromatic N) is 1. The van der Waals surface area contributed by atoms with E-state index >= 15 is 0 Å². The Morgan fingerprint density at radius 1 is 1.47 bits per heavy atom. The van der Waals surface area contributed by atoms with Crippen molar-refractivity contribution in [2.75, 3.05) is 11.9 Å². The summed E-state index contributed by atoms with van der Waals surface area (Å²) in [5.74, 6) is -2.45. The minimum atomic E-state index is -1.29. The van der Waals surface area contributed by atoms with Crippen LogP contribution >= 0.6 is 0 Å². The van der Waals surface area contributed by atoms with Crippen LogP contribution in [0.1, 0.15) is 12.8 Å². The first-order valence-corrected chi connectivity index (χ1v) is 5.00. The Morgan fingerprint density at radius 2 is 2.12 bits per heavy atom. The van der Waals surface area contributed by atoms with Crippen LogP contribution in [0.2, 0.25) is 0 Å². The zero-order valence-corrected chi connectivity index (χ0v) is 8.74. The maximum atomic E-state index is 13.5. The van der Waals surface area contributed by atoms with Crippen molar-refractivity contribution >= 4 is 11.4 Å². The van der Waals surface area contributed by atoms with Crippen LogP contribution in [-0.2, 0) is 0 Å². The van der Waals surface area contributed by atoms with Gasteiger partial charge in [-0.25, -0.2) is 8.78 Å². The van der Waals surface area contributed by atoms with Crippen molar-refractivity contribution in [1.82, 2.24) is 0 Å². The number of nitrogens with one attached hydrogen (secondary N) is 1. The van der Waals surface area contributed by atoms with Crippen molar-refractivity contribution in [2.24, 2.45) is 0 Å². The first-order chi connectivity index (χ1) is 7.99. The maximum Gasteiger partial charge on any atom is 0.295 e. The molecule has 1 saturated carbocycles. The van der Waals surface area contributed by atoms with Gasteiger partial charge in [0.15, 0.2) is 17.3 Å². The summed E-state index contributed by atoms with van der Waals surface area (Å²) in [4.78, 5) is 9.90. The number of benzene rings is 1. The number of rotatable bonds is 4. The number of hydrogen-bond donors (Lipinski definition) is 2. The average molecular weight is 244 g/mol. The molecule has 0 amide bonds. The Bertz CT molecular complexity index is 475. The smallest absolute Gasteiger partial charge is 0.295 e. The lowest BCUT2D eigenvalue weighted by Crippen LogP contribution is -2.26. The number of hydrogen-bond acceptors (Lipinski definition) is 4. The van der Waals surface area contributed by atoms with Crippen LogP contribution in [0, 0.1) is 21.7 Å². The van der Waals surface area contributed by atoms with Crippen molar-refractivity contribution in [1.29, 1.82) is 0 Å². The van der Waals surface area contributed by atoms with E-state index in [9.17, 15) is 18.9 Å². The van der Waals surface area contributed by atoms with Crippen LogP contribution in [0.15, 0.2) is 12.1 Å². The largest absolute Gasteiger partial charge is 0.394 e. The van der Waals surface area contributed by atoms with Gasteiger partial charge < -0.3 is 10.4 Å². The van der Waals surface area contributed by atoms with Gasteiger partial charge in [-0.15, -0.1) is 0 Å². The van der Waals surface area contributed by atoms with E-state index in [4.69, 9.17) is 5.11 Å². The number of anilines is 1. The summed E-state index contributed by atoms with van der Waals surface area (Å²) in [7, 11) is 0. The van der Waals surface area contributed by atoms with Gasteiger partial charge in [-0.1, -0.05) is 0 Å². The van der Waals surface area contributed by atoms with Crippen LogP contribution in [0.5, 0.6) is 0 Å². The zero-order valence-electron chi connectivity index (χ0n) is 8.74. The van der Waals surface area contributed by atoms with Crippen molar-refractivity contribution < 1.29 is 18.8 Å². The van der Waals surface area contributed by atoms with E-state index in [2.05, 4.69) is 5.32 Å². The Balaban J connectivity index is 2.42. The summed E-state index contributed by atoms with van der Waals surface area (Å²) in [5, 5.41) is 22.3. The molecule has 0 heterocycles. The van der Waals surface area contributed by atoms with Gasteiger partial charge in [-0.3, -0.25) is 10.1 Å². The first-order valence-electron chi connectivity index (χ1n) is 5.00. The zero-order chi connectivity index (χ0) is 12.6. The van der Waals surface area contributed by atoms with E-state index < -0.39 is 33.5 Å². The summed E-state index contributed by atoms with van der Waals surface area (Å²) in [6.45, 7) is -0.278. The molecule has 1 aromatic rings. The fourth-order valence-electron chi connectivity index (χ4n) is 1.55. The number of aliphatic hydroxyl groups is 1. The van der Waals surface area contributed by atoms with Gasteiger partial charge in [0.2, 0.25) is 0 Å². The van der Waals surface area contributed by atoms with Crippen molar-refractivity contribution in [3.8, 4) is 0 Å². The molecule has 0 spiro atoms. The minimum Gasteiger partial charge on any atom is -0.394 e. The number of aliphatic hydroxyl groups excluding tert-OH is 1. The molecule has 1 aromatic carbocycles. The van der Waals surface area contributed by atoms with Crippen LogP contribution in [0.4, 0.5) is 20.2 Å². The third kappa shape index (κ3) is 2.05. The highest BCUT2D eigenvalue weighted by atomic mass is 19.2. The number of nitro benzene ring substituents is 1. The van der Waals surface area contributed by atoms with Crippen LogP contribution in [0.25, 0.3) is 0 Å². The fraction of sp³-hybridized carbons (Fsp3) is 0.400. The molecule has 0 atom stereocenters. The van der Waals surface area contributed by atoms with Crippen molar-refractivity contribution in [3.63, 3.8) is 0 Å². The molecule has 1 fully saturated rings. The highest BCUT2D eigenvalue weighted by molar-refractivity contribution is 5.64. The molecule has 1 aliphatic rings. The van der Waals surface area contributed by atoms with Gasteiger partial charge >= 0.3 is 0 Å². The van der Waals surface area contributed by atoms with Crippen LogP contribution in [-0.4, -0.2) is 22.2 Å². The molecule has 0 radical (unpaired) electrons. The van der Waals surface area contributed by atoms with Crippen LogP contribution in [0.3, 0.4) is 0 Å². The molecule has 0 bridgehead atoms. The predicted octanol–water partition coefficient (Wildman–Crippen LogP) is 1.81. The fourth-order valence-corrected chi connectivity index (χ4v) is 1.55. The monoisotopic (exact) mass is 244 g/mol. The Morgan fingerprint density at radius 3 is 2.59 bits per heavy atom. The maximum absolute atomic E-state index is 13.5. The lowest BCUT2D eigenvalue weighted by Gasteiger charge is -2.16. The highest BCUT2D eigenvalue weighted by Gasteiger charge is 2.44. The quantitative estimate of drug-likeness (QED) is 0.625. The lowest BCUT2D eigenvalue weighted by atomic mass is 10.2. The molecule has 92 valence electrons. The van der Waals surface area contributed by atoms with Gasteiger partial charge in [0.25, 0.3) is 5.69 Å². The number of nitro groups is 1. The summed E-state index contributed by atoms with van der Waals surface area (Å²) in [6, 6.07) is 1.60. The van der Waals surface area contributed by atoms with E-state index in [-0.39, 0.29) is 6.61 Å². The van der Waals surface area contributed by atoms with Crippen LogP contribution < -0.4 is 5.32 Å². The second kappa shape index (κ2) is 3.92.